The highest BCUT2D eigenvalue weighted by Crippen LogP contribution is 2.27. The molecule has 128 valence electrons. The molecule has 0 radical (unpaired) electrons. The molecule has 0 aliphatic rings. The predicted octanol–water partition coefficient (Wildman–Crippen LogP) is 2.36. The monoisotopic (exact) mass is 386 g/mol. The van der Waals surface area contributed by atoms with Gasteiger partial charge in [0.2, 0.25) is 0 Å². The Morgan fingerprint density at radius 2 is 2.00 bits per heavy atom. The number of aromatic nitrogens is 2. The fourth-order valence-electron chi connectivity index (χ4n) is 1.86. The standard InChI is InChI=1S/C14H15ClN4O3S2/c1-16-13(20)10-11(15)18-14(23-2)19-12(10)17-8-5-4-6-9(7-8)24(3,21)22/h4-7H,1-3H3,(H,16,20)(H,17,18,19). The molecule has 0 aliphatic heterocycles. The largest absolute Gasteiger partial charge is 0.355 e. The van der Waals surface area contributed by atoms with Crippen LogP contribution in [0.15, 0.2) is 34.3 Å². The van der Waals surface area contributed by atoms with Crippen molar-refractivity contribution in [2.24, 2.45) is 0 Å². The molecule has 1 amide bonds. The lowest BCUT2D eigenvalue weighted by molar-refractivity contribution is 0.0963. The molecule has 0 bridgehead atoms. The van der Waals surface area contributed by atoms with Gasteiger partial charge in [-0.15, -0.1) is 0 Å². The molecule has 10 heteroatoms. The Labute approximate surface area is 149 Å². The fourth-order valence-corrected chi connectivity index (χ4v) is 3.20. The van der Waals surface area contributed by atoms with Gasteiger partial charge in [-0.3, -0.25) is 4.79 Å². The molecule has 7 nitrogen and oxygen atoms in total. The molecule has 0 aliphatic carbocycles. The summed E-state index contributed by atoms with van der Waals surface area (Å²) in [5, 5.41) is 5.81. The van der Waals surface area contributed by atoms with Crippen molar-refractivity contribution in [2.75, 3.05) is 24.9 Å². The summed E-state index contributed by atoms with van der Waals surface area (Å²) in [4.78, 5) is 20.5. The molecule has 1 aromatic heterocycles. The Balaban J connectivity index is 2.52. The van der Waals surface area contributed by atoms with E-state index in [2.05, 4.69) is 20.6 Å². The van der Waals surface area contributed by atoms with Crippen LogP contribution >= 0.6 is 23.4 Å². The lowest BCUT2D eigenvalue weighted by Gasteiger charge is -2.13. The smallest absolute Gasteiger partial charge is 0.257 e. The van der Waals surface area contributed by atoms with E-state index >= 15 is 0 Å². The van der Waals surface area contributed by atoms with Gasteiger partial charge in [0.25, 0.3) is 5.91 Å². The minimum atomic E-state index is -3.35. The van der Waals surface area contributed by atoms with Crippen LogP contribution in [-0.2, 0) is 9.84 Å². The van der Waals surface area contributed by atoms with Gasteiger partial charge >= 0.3 is 0 Å². The number of hydrogen-bond donors (Lipinski definition) is 2. The topological polar surface area (TPSA) is 101 Å². The minimum absolute atomic E-state index is 0.00969. The maximum Gasteiger partial charge on any atom is 0.257 e. The zero-order chi connectivity index (χ0) is 17.9. The molecule has 1 aromatic carbocycles. The SMILES string of the molecule is CNC(=O)c1c(Cl)nc(SC)nc1Nc1cccc(S(C)(=O)=O)c1. The molecule has 24 heavy (non-hydrogen) atoms. The van der Waals surface area contributed by atoms with E-state index in [1.807, 2.05) is 0 Å². The summed E-state index contributed by atoms with van der Waals surface area (Å²) in [5.41, 5.74) is 0.548. The quantitative estimate of drug-likeness (QED) is 0.462. The highest BCUT2D eigenvalue weighted by Gasteiger charge is 2.19. The third-order valence-electron chi connectivity index (χ3n) is 3.01. The second kappa shape index (κ2) is 7.37. The summed E-state index contributed by atoms with van der Waals surface area (Å²) in [6.45, 7) is 0. The van der Waals surface area contributed by atoms with E-state index in [-0.39, 0.29) is 21.4 Å². The number of thioether (sulfide) groups is 1. The van der Waals surface area contributed by atoms with Gasteiger partial charge in [-0.25, -0.2) is 18.4 Å². The van der Waals surface area contributed by atoms with Crippen molar-refractivity contribution in [3.8, 4) is 0 Å². The summed E-state index contributed by atoms with van der Waals surface area (Å²) in [5.74, 6) is -0.251. The summed E-state index contributed by atoms with van der Waals surface area (Å²) >= 11 is 7.36. The number of benzene rings is 1. The summed E-state index contributed by atoms with van der Waals surface area (Å²) in [7, 11) is -1.88. The van der Waals surface area contributed by atoms with Crippen molar-refractivity contribution in [3.63, 3.8) is 0 Å². The number of anilines is 2. The van der Waals surface area contributed by atoms with E-state index in [0.717, 1.165) is 6.26 Å². The zero-order valence-corrected chi connectivity index (χ0v) is 15.5. The van der Waals surface area contributed by atoms with Gasteiger partial charge in [0.1, 0.15) is 16.5 Å². The average molecular weight is 387 g/mol. The van der Waals surface area contributed by atoms with E-state index in [1.165, 1.54) is 30.9 Å². The lowest BCUT2D eigenvalue weighted by atomic mass is 10.2. The Bertz CT molecular complexity index is 888. The second-order valence-corrected chi connectivity index (χ2v) is 7.88. The van der Waals surface area contributed by atoms with E-state index in [0.29, 0.717) is 10.8 Å². The lowest BCUT2D eigenvalue weighted by Crippen LogP contribution is -2.21. The first-order valence-corrected chi connectivity index (χ1v) is 10.2. The number of halogens is 1. The molecule has 2 rings (SSSR count). The molecule has 0 saturated heterocycles. The first-order chi connectivity index (χ1) is 11.3. The number of hydrogen-bond acceptors (Lipinski definition) is 7. The van der Waals surface area contributed by atoms with Gasteiger partial charge in [0.15, 0.2) is 15.0 Å². The van der Waals surface area contributed by atoms with Gasteiger partial charge in [-0.05, 0) is 24.5 Å². The summed E-state index contributed by atoms with van der Waals surface area (Å²) < 4.78 is 23.3. The normalized spacial score (nSPS) is 11.2. The number of sulfone groups is 1. The number of nitrogens with zero attached hydrogens (tertiary/aromatic N) is 2. The van der Waals surface area contributed by atoms with Crippen LogP contribution in [0.1, 0.15) is 10.4 Å². The van der Waals surface area contributed by atoms with Crippen LogP contribution in [0.2, 0.25) is 5.15 Å². The van der Waals surface area contributed by atoms with Crippen molar-refractivity contribution >= 4 is 50.6 Å². The van der Waals surface area contributed by atoms with Crippen LogP contribution in [-0.4, -0.2) is 43.9 Å². The molecule has 0 spiro atoms. The van der Waals surface area contributed by atoms with Crippen LogP contribution in [0.3, 0.4) is 0 Å². The second-order valence-electron chi connectivity index (χ2n) is 4.73. The minimum Gasteiger partial charge on any atom is -0.355 e. The highest BCUT2D eigenvalue weighted by molar-refractivity contribution is 7.98. The van der Waals surface area contributed by atoms with Crippen LogP contribution in [0, 0.1) is 0 Å². The predicted molar refractivity (Wildman–Crippen MR) is 95.0 cm³/mol. The fraction of sp³-hybridized carbons (Fsp3) is 0.214. The van der Waals surface area contributed by atoms with Crippen molar-refractivity contribution < 1.29 is 13.2 Å². The van der Waals surface area contributed by atoms with E-state index < -0.39 is 15.7 Å². The Morgan fingerprint density at radius 3 is 2.58 bits per heavy atom. The molecule has 0 saturated carbocycles. The van der Waals surface area contributed by atoms with Crippen molar-refractivity contribution in [1.82, 2.24) is 15.3 Å². The average Bonchev–Trinajstić information content (AvgIpc) is 2.53. The number of nitrogens with one attached hydrogen (secondary N) is 2. The molecule has 2 aromatic rings. The first kappa shape index (κ1) is 18.5. The van der Waals surface area contributed by atoms with Gasteiger partial charge < -0.3 is 10.6 Å². The number of amides is 1. The van der Waals surface area contributed by atoms with E-state index in [4.69, 9.17) is 11.6 Å². The van der Waals surface area contributed by atoms with Gasteiger partial charge in [-0.1, -0.05) is 29.4 Å². The van der Waals surface area contributed by atoms with Crippen LogP contribution in [0.5, 0.6) is 0 Å². The van der Waals surface area contributed by atoms with Crippen LogP contribution in [0.25, 0.3) is 0 Å². The molecule has 1 heterocycles. The van der Waals surface area contributed by atoms with Crippen molar-refractivity contribution in [1.29, 1.82) is 0 Å². The first-order valence-electron chi connectivity index (χ1n) is 6.67. The van der Waals surface area contributed by atoms with E-state index in [9.17, 15) is 13.2 Å². The molecular formula is C14H15ClN4O3S2. The highest BCUT2D eigenvalue weighted by atomic mass is 35.5. The third kappa shape index (κ3) is 4.16. The van der Waals surface area contributed by atoms with Crippen LogP contribution < -0.4 is 10.6 Å². The molecular weight excluding hydrogens is 372 g/mol. The molecule has 0 fully saturated rings. The number of rotatable bonds is 5. The molecule has 0 atom stereocenters. The Kier molecular flexibility index (Phi) is 5.68. The van der Waals surface area contributed by atoms with E-state index in [1.54, 1.807) is 18.4 Å². The Morgan fingerprint density at radius 1 is 1.29 bits per heavy atom. The van der Waals surface area contributed by atoms with Gasteiger partial charge in [-0.2, -0.15) is 0 Å². The molecule has 0 unspecified atom stereocenters. The van der Waals surface area contributed by atoms with Gasteiger partial charge in [0, 0.05) is 19.0 Å². The summed E-state index contributed by atoms with van der Waals surface area (Å²) in [6.07, 6.45) is 2.90. The maximum absolute atomic E-state index is 12.1. The van der Waals surface area contributed by atoms with Crippen LogP contribution in [0.4, 0.5) is 11.5 Å². The number of carbonyl (C=O) groups is 1. The third-order valence-corrected chi connectivity index (χ3v) is 4.94. The van der Waals surface area contributed by atoms with Gasteiger partial charge in [0.05, 0.1) is 4.90 Å². The zero-order valence-electron chi connectivity index (χ0n) is 13.1. The summed E-state index contributed by atoms with van der Waals surface area (Å²) in [6, 6.07) is 6.20. The Hall–Kier alpha value is -1.84. The molecule has 2 N–H and O–H groups in total. The maximum atomic E-state index is 12.1. The van der Waals surface area contributed by atoms with Crippen molar-refractivity contribution in [3.05, 3.63) is 35.0 Å². The van der Waals surface area contributed by atoms with Crippen molar-refractivity contribution in [2.45, 2.75) is 10.1 Å². The number of carbonyl (C=O) groups excluding carboxylic acids is 1.